The smallest absolute Gasteiger partial charge is 0.255 e. The largest absolute Gasteiger partial charge is 0.355 e. The molecule has 19 heavy (non-hydrogen) atoms. The van der Waals surface area contributed by atoms with E-state index in [0.29, 0.717) is 18.0 Å². The van der Waals surface area contributed by atoms with Crippen LogP contribution in [0.15, 0.2) is 16.9 Å². The zero-order valence-corrected chi connectivity index (χ0v) is 11.9. The molecule has 0 aliphatic carbocycles. The number of pyridine rings is 1. The number of aryl methyl sites for hydroxylation is 1. The second kappa shape index (κ2) is 7.09. The van der Waals surface area contributed by atoms with Gasteiger partial charge in [-0.3, -0.25) is 9.59 Å². The van der Waals surface area contributed by atoms with Crippen molar-refractivity contribution < 1.29 is 4.79 Å². The first-order valence-electron chi connectivity index (χ1n) is 6.61. The van der Waals surface area contributed by atoms with Crippen molar-refractivity contribution in [2.75, 3.05) is 6.54 Å². The predicted octanol–water partition coefficient (Wildman–Crippen LogP) is 0.778. The van der Waals surface area contributed by atoms with Crippen molar-refractivity contribution >= 4 is 5.91 Å². The number of carbonyl (C=O) groups is 1. The summed E-state index contributed by atoms with van der Waals surface area (Å²) in [5.74, 6) is 0.408. The lowest BCUT2D eigenvalue weighted by Gasteiger charge is -2.12. The fourth-order valence-electron chi connectivity index (χ4n) is 1.77. The van der Waals surface area contributed by atoms with Gasteiger partial charge in [-0.05, 0) is 25.3 Å². The summed E-state index contributed by atoms with van der Waals surface area (Å²) in [6.45, 7) is 6.89. The van der Waals surface area contributed by atoms with Crippen molar-refractivity contribution in [2.45, 2.75) is 40.3 Å². The lowest BCUT2D eigenvalue weighted by atomic mass is 10.1. The van der Waals surface area contributed by atoms with Crippen LogP contribution in [0.1, 0.15) is 31.5 Å². The van der Waals surface area contributed by atoms with Crippen molar-refractivity contribution in [1.82, 2.24) is 9.88 Å². The number of hydrogen-bond donors (Lipinski definition) is 2. The average molecular weight is 265 g/mol. The van der Waals surface area contributed by atoms with Crippen LogP contribution in [-0.2, 0) is 17.9 Å². The van der Waals surface area contributed by atoms with Gasteiger partial charge in [0.05, 0.1) is 0 Å². The topological polar surface area (TPSA) is 77.1 Å². The van der Waals surface area contributed by atoms with Gasteiger partial charge in [-0.15, -0.1) is 0 Å². The Labute approximate surface area is 113 Å². The number of nitrogens with zero attached hydrogens (tertiary/aromatic N) is 1. The Balaban J connectivity index is 2.71. The Morgan fingerprint density at radius 2 is 2.11 bits per heavy atom. The van der Waals surface area contributed by atoms with E-state index in [1.807, 2.05) is 13.0 Å². The number of nitrogens with one attached hydrogen (secondary N) is 1. The summed E-state index contributed by atoms with van der Waals surface area (Å²) >= 11 is 0. The normalized spacial score (nSPS) is 10.8. The molecule has 1 amide bonds. The summed E-state index contributed by atoms with van der Waals surface area (Å²) in [7, 11) is 0. The average Bonchev–Trinajstić information content (AvgIpc) is 2.34. The molecule has 0 fully saturated rings. The van der Waals surface area contributed by atoms with Gasteiger partial charge in [0.2, 0.25) is 5.91 Å². The molecule has 1 rings (SSSR count). The summed E-state index contributed by atoms with van der Waals surface area (Å²) in [4.78, 5) is 23.8. The minimum absolute atomic E-state index is 0.0522. The molecule has 106 valence electrons. The van der Waals surface area contributed by atoms with Crippen molar-refractivity contribution in [3.8, 4) is 0 Å². The van der Waals surface area contributed by atoms with E-state index in [4.69, 9.17) is 5.73 Å². The van der Waals surface area contributed by atoms with Crippen LogP contribution in [0.5, 0.6) is 0 Å². The van der Waals surface area contributed by atoms with Crippen LogP contribution in [0.4, 0.5) is 0 Å². The zero-order chi connectivity index (χ0) is 14.4. The van der Waals surface area contributed by atoms with E-state index < -0.39 is 0 Å². The SMILES string of the molecule is Cc1ccc(CN)c(=O)n1CC(=O)NCCC(C)C. The standard InChI is InChI=1S/C14H23N3O2/c1-10(2)6-7-16-13(18)9-17-11(3)4-5-12(8-15)14(17)19/h4-5,10H,6-9,15H2,1-3H3,(H,16,18). The second-order valence-electron chi connectivity index (χ2n) is 5.13. The number of amides is 1. The summed E-state index contributed by atoms with van der Waals surface area (Å²) < 4.78 is 1.47. The molecule has 0 bridgehead atoms. The number of aromatic nitrogens is 1. The number of carbonyl (C=O) groups excluding carboxylic acids is 1. The lowest BCUT2D eigenvalue weighted by molar-refractivity contribution is -0.121. The molecule has 5 heteroatoms. The summed E-state index contributed by atoms with van der Waals surface area (Å²) in [5.41, 5.74) is 6.61. The molecule has 0 aromatic carbocycles. The van der Waals surface area contributed by atoms with E-state index in [0.717, 1.165) is 12.1 Å². The molecule has 0 radical (unpaired) electrons. The first-order chi connectivity index (χ1) is 8.95. The Morgan fingerprint density at radius 3 is 2.68 bits per heavy atom. The number of hydrogen-bond acceptors (Lipinski definition) is 3. The summed E-state index contributed by atoms with van der Waals surface area (Å²) in [5, 5.41) is 2.82. The molecular weight excluding hydrogens is 242 g/mol. The predicted molar refractivity (Wildman–Crippen MR) is 75.8 cm³/mol. The molecule has 0 atom stereocenters. The van der Waals surface area contributed by atoms with E-state index in [1.165, 1.54) is 4.57 Å². The Bertz CT molecular complexity index is 492. The zero-order valence-electron chi connectivity index (χ0n) is 11.9. The van der Waals surface area contributed by atoms with Crippen LogP contribution in [-0.4, -0.2) is 17.0 Å². The quantitative estimate of drug-likeness (QED) is 0.798. The van der Waals surface area contributed by atoms with Crippen LogP contribution in [0.3, 0.4) is 0 Å². The lowest BCUT2D eigenvalue weighted by Crippen LogP contribution is -2.35. The summed E-state index contributed by atoms with van der Waals surface area (Å²) in [6, 6.07) is 3.52. The Morgan fingerprint density at radius 1 is 1.42 bits per heavy atom. The molecule has 0 unspecified atom stereocenters. The van der Waals surface area contributed by atoms with E-state index in [2.05, 4.69) is 19.2 Å². The third-order valence-electron chi connectivity index (χ3n) is 3.04. The molecule has 0 aliphatic heterocycles. The number of rotatable bonds is 6. The molecule has 0 spiro atoms. The maximum Gasteiger partial charge on any atom is 0.255 e. The van der Waals surface area contributed by atoms with Gasteiger partial charge in [-0.2, -0.15) is 0 Å². The van der Waals surface area contributed by atoms with Crippen LogP contribution in [0.2, 0.25) is 0 Å². The maximum atomic E-state index is 12.0. The molecular formula is C14H23N3O2. The van der Waals surface area contributed by atoms with Gasteiger partial charge in [-0.25, -0.2) is 0 Å². The maximum absolute atomic E-state index is 12.0. The fourth-order valence-corrected chi connectivity index (χ4v) is 1.77. The third-order valence-corrected chi connectivity index (χ3v) is 3.04. The van der Waals surface area contributed by atoms with Gasteiger partial charge < -0.3 is 15.6 Å². The van der Waals surface area contributed by atoms with Gasteiger partial charge in [0, 0.05) is 24.3 Å². The second-order valence-corrected chi connectivity index (χ2v) is 5.13. The molecule has 0 aliphatic rings. The first kappa shape index (κ1) is 15.4. The highest BCUT2D eigenvalue weighted by Crippen LogP contribution is 1.99. The Kier molecular flexibility index (Phi) is 5.76. The van der Waals surface area contributed by atoms with E-state index >= 15 is 0 Å². The van der Waals surface area contributed by atoms with Crippen LogP contribution in [0, 0.1) is 12.8 Å². The van der Waals surface area contributed by atoms with Crippen molar-refractivity contribution in [3.05, 3.63) is 33.7 Å². The van der Waals surface area contributed by atoms with E-state index in [-0.39, 0.29) is 24.6 Å². The van der Waals surface area contributed by atoms with Gasteiger partial charge >= 0.3 is 0 Å². The minimum atomic E-state index is -0.179. The minimum Gasteiger partial charge on any atom is -0.355 e. The summed E-state index contributed by atoms with van der Waals surface area (Å²) in [6.07, 6.45) is 0.933. The molecule has 5 nitrogen and oxygen atoms in total. The van der Waals surface area contributed by atoms with Gasteiger partial charge in [-0.1, -0.05) is 19.9 Å². The van der Waals surface area contributed by atoms with Crippen molar-refractivity contribution in [3.63, 3.8) is 0 Å². The van der Waals surface area contributed by atoms with Crippen LogP contribution >= 0.6 is 0 Å². The highest BCUT2D eigenvalue weighted by atomic mass is 16.2. The first-order valence-corrected chi connectivity index (χ1v) is 6.61. The highest BCUT2D eigenvalue weighted by Gasteiger charge is 2.09. The molecule has 0 saturated heterocycles. The van der Waals surface area contributed by atoms with Crippen molar-refractivity contribution in [2.24, 2.45) is 11.7 Å². The molecule has 0 saturated carbocycles. The number of nitrogens with two attached hydrogens (primary N) is 1. The van der Waals surface area contributed by atoms with E-state index in [9.17, 15) is 9.59 Å². The highest BCUT2D eigenvalue weighted by molar-refractivity contribution is 5.75. The third kappa shape index (κ3) is 4.52. The molecule has 3 N–H and O–H groups in total. The Hall–Kier alpha value is -1.62. The fraction of sp³-hybridized carbons (Fsp3) is 0.571. The molecule has 1 aromatic heterocycles. The monoisotopic (exact) mass is 265 g/mol. The van der Waals surface area contributed by atoms with Gasteiger partial charge in [0.25, 0.3) is 5.56 Å². The van der Waals surface area contributed by atoms with Gasteiger partial charge in [0.1, 0.15) is 6.54 Å². The molecule has 1 heterocycles. The van der Waals surface area contributed by atoms with Crippen molar-refractivity contribution in [1.29, 1.82) is 0 Å². The van der Waals surface area contributed by atoms with Crippen LogP contribution < -0.4 is 16.6 Å². The molecule has 1 aromatic rings. The van der Waals surface area contributed by atoms with Crippen LogP contribution in [0.25, 0.3) is 0 Å². The van der Waals surface area contributed by atoms with Gasteiger partial charge in [0.15, 0.2) is 0 Å². The van der Waals surface area contributed by atoms with E-state index in [1.54, 1.807) is 6.07 Å².